The van der Waals surface area contributed by atoms with Crippen molar-refractivity contribution in [3.8, 4) is 0 Å². The van der Waals surface area contributed by atoms with Gasteiger partial charge in [-0.2, -0.15) is 8.42 Å². The van der Waals surface area contributed by atoms with Crippen LogP contribution in [-0.4, -0.2) is 50.1 Å². The van der Waals surface area contributed by atoms with Crippen LogP contribution in [0.3, 0.4) is 0 Å². The fraction of sp³-hybridized carbons (Fsp3) is 0.364. The molecule has 22 heavy (non-hydrogen) atoms. The molecule has 0 bridgehead atoms. The molecule has 1 aromatic rings. The molecule has 1 rings (SSSR count). The molecule has 122 valence electrons. The Morgan fingerprint density at radius 2 is 1.86 bits per heavy atom. The average Bonchev–Trinajstić information content (AvgIpc) is 2.39. The summed E-state index contributed by atoms with van der Waals surface area (Å²) in [4.78, 5) is 11.3. The second-order valence-electron chi connectivity index (χ2n) is 4.36. The molecule has 0 atom stereocenters. The van der Waals surface area contributed by atoms with Gasteiger partial charge >= 0.3 is 28.2 Å². The summed E-state index contributed by atoms with van der Waals surface area (Å²) in [5.74, 6) is -0.0427. The number of hydrogen-bond acceptors (Lipinski definition) is 8. The van der Waals surface area contributed by atoms with Gasteiger partial charge in [-0.15, -0.1) is 13.2 Å². The standard InChI is InChI=1S/C11H18N6O4S/c1-5-7-16(8-6-2)10-13-9(12)17(21-22(18,19)20)11(14-10)15(3)4/h5-6,12H,1-2,7-8H2,3-4H3,(H,18,19,20)/p+1. The molecule has 0 aromatic carbocycles. The van der Waals surface area contributed by atoms with Gasteiger partial charge in [-0.25, -0.2) is 4.28 Å². The van der Waals surface area contributed by atoms with Crippen LogP contribution in [0.4, 0.5) is 17.8 Å². The Morgan fingerprint density at radius 3 is 2.27 bits per heavy atom. The third-order valence-electron chi connectivity index (χ3n) is 2.35. The lowest BCUT2D eigenvalue weighted by atomic mass is 10.4. The van der Waals surface area contributed by atoms with Crippen molar-refractivity contribution < 1.29 is 22.0 Å². The zero-order valence-corrected chi connectivity index (χ0v) is 13.2. The topological polar surface area (TPSA) is 126 Å². The van der Waals surface area contributed by atoms with Crippen LogP contribution in [0, 0.1) is 0 Å². The number of hydrogen-bond donors (Lipinski definition) is 2. The predicted octanol–water partition coefficient (Wildman–Crippen LogP) is -1.18. The van der Waals surface area contributed by atoms with Crippen molar-refractivity contribution in [3.05, 3.63) is 25.3 Å². The molecule has 10 nitrogen and oxygen atoms in total. The lowest BCUT2D eigenvalue weighted by Gasteiger charge is -2.18. The smallest absolute Gasteiger partial charge is 0.317 e. The lowest BCUT2D eigenvalue weighted by Crippen LogP contribution is -2.53. The summed E-state index contributed by atoms with van der Waals surface area (Å²) in [5, 5.41) is 0. The first-order chi connectivity index (χ1) is 10.2. The van der Waals surface area contributed by atoms with E-state index in [1.165, 1.54) is 4.90 Å². The zero-order chi connectivity index (χ0) is 16.9. The van der Waals surface area contributed by atoms with Gasteiger partial charge in [0.15, 0.2) is 0 Å². The highest BCUT2D eigenvalue weighted by Crippen LogP contribution is 2.12. The van der Waals surface area contributed by atoms with Crippen LogP contribution >= 0.6 is 0 Å². The molecule has 0 saturated carbocycles. The number of anilines is 3. The summed E-state index contributed by atoms with van der Waals surface area (Å²) in [6.45, 7) is 8.14. The Labute approximate surface area is 129 Å². The minimum Gasteiger partial charge on any atom is -0.317 e. The highest BCUT2D eigenvalue weighted by Gasteiger charge is 2.27. The molecule has 0 unspecified atom stereocenters. The number of nitrogen functional groups attached to an aromatic ring is 1. The van der Waals surface area contributed by atoms with Crippen molar-refractivity contribution in [3.63, 3.8) is 0 Å². The zero-order valence-electron chi connectivity index (χ0n) is 12.4. The van der Waals surface area contributed by atoms with E-state index in [-0.39, 0.29) is 17.8 Å². The van der Waals surface area contributed by atoms with E-state index in [1.807, 2.05) is 0 Å². The Kier molecular flexibility index (Phi) is 5.65. The maximum atomic E-state index is 10.9. The Hall–Kier alpha value is -2.40. The molecule has 1 heterocycles. The lowest BCUT2D eigenvalue weighted by molar-refractivity contribution is -0.838. The molecule has 0 saturated heterocycles. The van der Waals surface area contributed by atoms with Crippen molar-refractivity contribution >= 4 is 28.2 Å². The Balaban J connectivity index is 3.41. The molecule has 0 spiro atoms. The van der Waals surface area contributed by atoms with Crippen LogP contribution < -0.4 is 24.5 Å². The summed E-state index contributed by atoms with van der Waals surface area (Å²) in [6.07, 6.45) is 3.29. The van der Waals surface area contributed by atoms with Gasteiger partial charge in [0.1, 0.15) is 0 Å². The minimum absolute atomic E-state index is 0.0262. The molecule has 0 fully saturated rings. The molecule has 0 aliphatic rings. The fourth-order valence-corrected chi connectivity index (χ4v) is 1.88. The van der Waals surface area contributed by atoms with Gasteiger partial charge in [0.2, 0.25) is 0 Å². The van der Waals surface area contributed by atoms with Crippen molar-refractivity contribution in [1.29, 1.82) is 0 Å². The first-order valence-electron chi connectivity index (χ1n) is 6.10. The van der Waals surface area contributed by atoms with E-state index in [0.717, 1.165) is 0 Å². The number of nitrogens with two attached hydrogens (primary N) is 1. The molecule has 0 aliphatic carbocycles. The molecule has 0 aliphatic heterocycles. The van der Waals surface area contributed by atoms with E-state index < -0.39 is 10.4 Å². The average molecular weight is 331 g/mol. The summed E-state index contributed by atoms with van der Waals surface area (Å²) < 4.78 is 35.6. The number of aromatic nitrogens is 3. The minimum atomic E-state index is -4.78. The van der Waals surface area contributed by atoms with Gasteiger partial charge in [0.05, 0.1) is 0 Å². The quantitative estimate of drug-likeness (QED) is 0.344. The van der Waals surface area contributed by atoms with Crippen LogP contribution in [0.25, 0.3) is 0 Å². The van der Waals surface area contributed by atoms with Crippen molar-refractivity contribution in [2.75, 3.05) is 42.7 Å². The monoisotopic (exact) mass is 331 g/mol. The van der Waals surface area contributed by atoms with Crippen LogP contribution in [0.2, 0.25) is 0 Å². The first-order valence-corrected chi connectivity index (χ1v) is 7.47. The first kappa shape index (κ1) is 17.7. The largest absolute Gasteiger partial charge is 0.472 e. The van der Waals surface area contributed by atoms with Gasteiger partial charge in [-0.3, -0.25) is 9.45 Å². The van der Waals surface area contributed by atoms with E-state index in [1.54, 1.807) is 31.1 Å². The Bertz CT molecular complexity index is 651. The SMILES string of the molecule is C=CCN(CC=C)c1nc(N)[n+](OS(=O)(=O)O)c(N(C)C)n1. The third kappa shape index (κ3) is 4.56. The van der Waals surface area contributed by atoms with Crippen LogP contribution in [0.15, 0.2) is 25.3 Å². The van der Waals surface area contributed by atoms with Crippen molar-refractivity contribution in [2.24, 2.45) is 0 Å². The molecule has 11 heteroatoms. The molecular formula is C11H19N6O4S+. The third-order valence-corrected chi connectivity index (χ3v) is 2.69. The van der Waals surface area contributed by atoms with Gasteiger partial charge in [-0.1, -0.05) is 22.1 Å². The maximum absolute atomic E-state index is 10.9. The van der Waals surface area contributed by atoms with Gasteiger partial charge in [0, 0.05) is 27.2 Å². The summed E-state index contributed by atoms with van der Waals surface area (Å²) in [6, 6.07) is 0. The summed E-state index contributed by atoms with van der Waals surface area (Å²) in [7, 11) is -1.58. The second-order valence-corrected chi connectivity index (χ2v) is 5.36. The van der Waals surface area contributed by atoms with E-state index in [0.29, 0.717) is 17.8 Å². The van der Waals surface area contributed by atoms with Crippen molar-refractivity contribution in [1.82, 2.24) is 9.97 Å². The van der Waals surface area contributed by atoms with Gasteiger partial charge in [-0.05, 0) is 4.73 Å². The van der Waals surface area contributed by atoms with E-state index >= 15 is 0 Å². The van der Waals surface area contributed by atoms with Gasteiger partial charge < -0.3 is 10.6 Å². The molecule has 0 radical (unpaired) electrons. The summed E-state index contributed by atoms with van der Waals surface area (Å²) in [5.41, 5.74) is 5.70. The van der Waals surface area contributed by atoms with Crippen LogP contribution in [-0.2, 0) is 10.4 Å². The Morgan fingerprint density at radius 1 is 1.32 bits per heavy atom. The molecule has 1 aromatic heterocycles. The number of nitrogens with zero attached hydrogens (tertiary/aromatic N) is 5. The van der Waals surface area contributed by atoms with E-state index in [4.69, 9.17) is 10.3 Å². The summed E-state index contributed by atoms with van der Waals surface area (Å²) >= 11 is 0. The normalized spacial score (nSPS) is 10.9. The van der Waals surface area contributed by atoms with Crippen LogP contribution in [0.1, 0.15) is 0 Å². The van der Waals surface area contributed by atoms with Gasteiger partial charge in [0.25, 0.3) is 0 Å². The van der Waals surface area contributed by atoms with E-state index in [2.05, 4.69) is 27.4 Å². The highest BCUT2D eigenvalue weighted by molar-refractivity contribution is 7.80. The number of rotatable bonds is 8. The maximum Gasteiger partial charge on any atom is 0.472 e. The molecular weight excluding hydrogens is 312 g/mol. The fourth-order valence-electron chi connectivity index (χ4n) is 1.55. The highest BCUT2D eigenvalue weighted by atomic mass is 32.3. The second kappa shape index (κ2) is 7.04. The van der Waals surface area contributed by atoms with E-state index in [9.17, 15) is 8.42 Å². The molecule has 3 N–H and O–H groups in total. The van der Waals surface area contributed by atoms with Crippen LogP contribution in [0.5, 0.6) is 0 Å². The predicted molar refractivity (Wildman–Crippen MR) is 81.7 cm³/mol. The van der Waals surface area contributed by atoms with Crippen molar-refractivity contribution in [2.45, 2.75) is 0 Å². The molecule has 0 amide bonds.